The highest BCUT2D eigenvalue weighted by Crippen LogP contribution is 2.19. The number of rotatable bonds is 4. The summed E-state index contributed by atoms with van der Waals surface area (Å²) < 4.78 is 4.91. The van der Waals surface area contributed by atoms with Crippen LogP contribution in [-0.4, -0.2) is 65.5 Å². The van der Waals surface area contributed by atoms with Crippen molar-refractivity contribution in [2.45, 2.75) is 33.7 Å². The van der Waals surface area contributed by atoms with E-state index in [1.807, 2.05) is 25.7 Å². The fourth-order valence-electron chi connectivity index (χ4n) is 2.50. The first-order chi connectivity index (χ1) is 11.2. The van der Waals surface area contributed by atoms with Crippen molar-refractivity contribution in [1.29, 1.82) is 0 Å². The van der Waals surface area contributed by atoms with Gasteiger partial charge in [0.1, 0.15) is 5.76 Å². The van der Waals surface area contributed by atoms with E-state index >= 15 is 0 Å². The molecule has 1 atom stereocenters. The minimum Gasteiger partial charge on any atom is -0.360 e. The van der Waals surface area contributed by atoms with Gasteiger partial charge in [0.15, 0.2) is 5.82 Å². The van der Waals surface area contributed by atoms with Gasteiger partial charge < -0.3 is 20.5 Å². The van der Waals surface area contributed by atoms with Crippen molar-refractivity contribution in [3.63, 3.8) is 0 Å². The molecule has 150 valence electrons. The third-order valence-corrected chi connectivity index (χ3v) is 4.15. The topological polar surface area (TPSA) is 105 Å². The second-order valence-electron chi connectivity index (χ2n) is 7.32. The molecule has 1 saturated heterocycles. The Hall–Kier alpha value is -1.35. The summed E-state index contributed by atoms with van der Waals surface area (Å²) in [6.07, 6.45) is 0. The summed E-state index contributed by atoms with van der Waals surface area (Å²) in [6, 6.07) is 1.16. The van der Waals surface area contributed by atoms with E-state index in [4.69, 9.17) is 10.3 Å². The second-order valence-corrected chi connectivity index (χ2v) is 7.32. The summed E-state index contributed by atoms with van der Waals surface area (Å²) in [5.74, 6) is 0.897. The number of nitrogens with two attached hydrogens (primary N) is 1. The summed E-state index contributed by atoms with van der Waals surface area (Å²) >= 11 is 0. The fourth-order valence-corrected chi connectivity index (χ4v) is 2.50. The predicted octanol–water partition coefficient (Wildman–Crippen LogP) is 1.28. The molecule has 2 rings (SSSR count). The molecule has 2 heterocycles. The van der Waals surface area contributed by atoms with Crippen LogP contribution in [0, 0.1) is 12.3 Å². The monoisotopic (exact) mass is 409 g/mol. The van der Waals surface area contributed by atoms with E-state index < -0.39 is 6.04 Å². The summed E-state index contributed by atoms with van der Waals surface area (Å²) in [5.41, 5.74) is 5.78. The molecule has 0 spiro atoms. The molecule has 0 unspecified atom stereocenters. The highest BCUT2D eigenvalue weighted by Gasteiger charge is 2.32. The Morgan fingerprint density at radius 2 is 1.85 bits per heavy atom. The fraction of sp³-hybridized carbons (Fsp3) is 0.688. The van der Waals surface area contributed by atoms with Crippen molar-refractivity contribution in [3.8, 4) is 0 Å². The summed E-state index contributed by atoms with van der Waals surface area (Å²) in [7, 11) is 0. The van der Waals surface area contributed by atoms with E-state index in [1.165, 1.54) is 0 Å². The SMILES string of the molecule is Cc1cc(NC(=O)CN2CCN(C(=O)[C@@H](N)C(C)(C)C)CC2)no1.Cl.Cl. The Morgan fingerprint density at radius 1 is 1.27 bits per heavy atom. The van der Waals surface area contributed by atoms with Gasteiger partial charge in [0.2, 0.25) is 11.8 Å². The number of hydrogen-bond donors (Lipinski definition) is 2. The van der Waals surface area contributed by atoms with Crippen LogP contribution in [0.1, 0.15) is 26.5 Å². The van der Waals surface area contributed by atoms with Crippen molar-refractivity contribution < 1.29 is 14.1 Å². The normalized spacial score (nSPS) is 16.3. The lowest BCUT2D eigenvalue weighted by Gasteiger charge is -2.37. The van der Waals surface area contributed by atoms with Gasteiger partial charge in [-0.25, -0.2) is 0 Å². The number of carbonyl (C=O) groups excluding carboxylic acids is 2. The Balaban J connectivity index is 0.00000312. The van der Waals surface area contributed by atoms with Crippen LogP contribution in [0.4, 0.5) is 5.82 Å². The third-order valence-electron chi connectivity index (χ3n) is 4.15. The smallest absolute Gasteiger partial charge is 0.240 e. The first-order valence-corrected chi connectivity index (χ1v) is 8.16. The quantitative estimate of drug-likeness (QED) is 0.775. The van der Waals surface area contributed by atoms with E-state index in [0.717, 1.165) is 0 Å². The molecule has 1 aliphatic rings. The van der Waals surface area contributed by atoms with E-state index in [1.54, 1.807) is 17.9 Å². The van der Waals surface area contributed by atoms with Gasteiger partial charge in [-0.3, -0.25) is 14.5 Å². The van der Waals surface area contributed by atoms with Crippen molar-refractivity contribution in [2.75, 3.05) is 38.0 Å². The van der Waals surface area contributed by atoms with E-state index in [2.05, 4.69) is 10.5 Å². The Labute approximate surface area is 166 Å². The van der Waals surface area contributed by atoms with Crippen LogP contribution in [0.5, 0.6) is 0 Å². The van der Waals surface area contributed by atoms with Crippen LogP contribution >= 0.6 is 24.8 Å². The lowest BCUT2D eigenvalue weighted by Crippen LogP contribution is -2.56. The molecule has 1 fully saturated rings. The van der Waals surface area contributed by atoms with Crippen LogP contribution in [0.2, 0.25) is 0 Å². The Morgan fingerprint density at radius 3 is 2.31 bits per heavy atom. The van der Waals surface area contributed by atoms with Crippen LogP contribution in [0.25, 0.3) is 0 Å². The van der Waals surface area contributed by atoms with Crippen LogP contribution in [0.3, 0.4) is 0 Å². The average molecular weight is 410 g/mol. The summed E-state index contributed by atoms with van der Waals surface area (Å²) in [6.45, 7) is 10.4. The van der Waals surface area contributed by atoms with Crippen LogP contribution in [0.15, 0.2) is 10.6 Å². The first-order valence-electron chi connectivity index (χ1n) is 8.16. The molecule has 2 amide bonds. The number of piperazine rings is 1. The van der Waals surface area contributed by atoms with Gasteiger partial charge in [0.25, 0.3) is 0 Å². The van der Waals surface area contributed by atoms with Crippen molar-refractivity contribution >= 4 is 42.4 Å². The van der Waals surface area contributed by atoms with Crippen LogP contribution < -0.4 is 11.1 Å². The molecule has 1 aromatic heterocycles. The molecular formula is C16H29Cl2N5O3. The lowest BCUT2D eigenvalue weighted by atomic mass is 9.86. The van der Waals surface area contributed by atoms with Gasteiger partial charge in [0, 0.05) is 32.2 Å². The summed E-state index contributed by atoms with van der Waals surface area (Å²) in [4.78, 5) is 28.2. The maximum atomic E-state index is 12.4. The number of aromatic nitrogens is 1. The number of nitrogens with one attached hydrogen (secondary N) is 1. The molecule has 8 nitrogen and oxygen atoms in total. The van der Waals surface area contributed by atoms with Gasteiger partial charge in [-0.1, -0.05) is 25.9 Å². The zero-order valence-electron chi connectivity index (χ0n) is 15.7. The number of halogens is 2. The number of aryl methyl sites for hydroxylation is 1. The maximum Gasteiger partial charge on any atom is 0.240 e. The molecule has 0 radical (unpaired) electrons. The Bertz CT molecular complexity index is 595. The molecule has 0 bridgehead atoms. The molecule has 1 aromatic rings. The first kappa shape index (κ1) is 24.7. The standard InChI is InChI=1S/C16H27N5O3.2ClH/c1-11-9-12(19-24-11)18-13(22)10-20-5-7-21(8-6-20)15(23)14(17)16(2,3)4;;/h9,14H,5-8,10,17H2,1-4H3,(H,18,19,22);2*1H/t14-;;/m1../s1. The number of anilines is 1. The van der Waals surface area contributed by atoms with Gasteiger partial charge in [-0.15, -0.1) is 24.8 Å². The Kier molecular flexibility index (Phi) is 9.58. The molecule has 0 aliphatic carbocycles. The number of carbonyl (C=O) groups is 2. The van der Waals surface area contributed by atoms with Crippen molar-refractivity contribution in [3.05, 3.63) is 11.8 Å². The van der Waals surface area contributed by atoms with E-state index in [-0.39, 0.29) is 48.6 Å². The third kappa shape index (κ3) is 6.75. The number of amides is 2. The van der Waals surface area contributed by atoms with Gasteiger partial charge in [-0.05, 0) is 12.3 Å². The number of nitrogens with zero attached hydrogens (tertiary/aromatic N) is 3. The summed E-state index contributed by atoms with van der Waals surface area (Å²) in [5, 5.41) is 6.43. The molecule has 0 saturated carbocycles. The average Bonchev–Trinajstić information content (AvgIpc) is 2.90. The number of hydrogen-bond acceptors (Lipinski definition) is 6. The zero-order valence-corrected chi connectivity index (χ0v) is 17.3. The highest BCUT2D eigenvalue weighted by molar-refractivity contribution is 5.91. The minimum atomic E-state index is -0.511. The minimum absolute atomic E-state index is 0. The van der Waals surface area contributed by atoms with E-state index in [0.29, 0.717) is 37.8 Å². The molecule has 26 heavy (non-hydrogen) atoms. The van der Waals surface area contributed by atoms with Crippen LogP contribution in [-0.2, 0) is 9.59 Å². The molecular weight excluding hydrogens is 381 g/mol. The largest absolute Gasteiger partial charge is 0.360 e. The lowest BCUT2D eigenvalue weighted by molar-refractivity contribution is -0.136. The zero-order chi connectivity index (χ0) is 17.9. The molecule has 0 aromatic carbocycles. The second kappa shape index (κ2) is 10.1. The van der Waals surface area contributed by atoms with Gasteiger partial charge >= 0.3 is 0 Å². The van der Waals surface area contributed by atoms with E-state index in [9.17, 15) is 9.59 Å². The van der Waals surface area contributed by atoms with Crippen molar-refractivity contribution in [1.82, 2.24) is 15.0 Å². The maximum absolute atomic E-state index is 12.4. The van der Waals surface area contributed by atoms with Gasteiger partial charge in [-0.2, -0.15) is 0 Å². The highest BCUT2D eigenvalue weighted by atomic mass is 35.5. The molecule has 3 N–H and O–H groups in total. The van der Waals surface area contributed by atoms with Gasteiger partial charge in [0.05, 0.1) is 12.6 Å². The predicted molar refractivity (Wildman–Crippen MR) is 105 cm³/mol. The molecule has 1 aliphatic heterocycles. The molecule has 10 heteroatoms. The van der Waals surface area contributed by atoms with Crippen molar-refractivity contribution in [2.24, 2.45) is 11.1 Å².